The Kier molecular flexibility index (Phi) is 7.46. The van der Waals surface area contributed by atoms with E-state index in [4.69, 9.17) is 5.26 Å². The van der Waals surface area contributed by atoms with Crippen molar-refractivity contribution in [2.75, 3.05) is 26.2 Å². The van der Waals surface area contributed by atoms with Crippen LogP contribution in [0.3, 0.4) is 0 Å². The van der Waals surface area contributed by atoms with Gasteiger partial charge in [-0.2, -0.15) is 5.26 Å². The summed E-state index contributed by atoms with van der Waals surface area (Å²) < 4.78 is 13.6. The maximum absolute atomic E-state index is 13.6. The van der Waals surface area contributed by atoms with Crippen LogP contribution in [0.2, 0.25) is 0 Å². The molecule has 2 atom stereocenters. The van der Waals surface area contributed by atoms with Gasteiger partial charge in [-0.3, -0.25) is 4.79 Å². The molecule has 2 aromatic carbocycles. The Morgan fingerprint density at radius 1 is 1.09 bits per heavy atom. The Labute approximate surface area is 200 Å². The molecule has 2 aromatic rings. The summed E-state index contributed by atoms with van der Waals surface area (Å²) in [6.07, 6.45) is 3.04. The first-order valence-electron chi connectivity index (χ1n) is 12.1. The molecule has 6 nitrogen and oxygen atoms in total. The minimum atomic E-state index is -0.456. The third-order valence-electron chi connectivity index (χ3n) is 6.95. The Balaban J connectivity index is 1.51. The number of nitriles is 1. The molecule has 1 N–H and O–H groups in total. The number of piperidine rings is 2. The molecule has 0 radical (unpaired) electrons. The lowest BCUT2D eigenvalue weighted by Gasteiger charge is -2.41. The van der Waals surface area contributed by atoms with Crippen molar-refractivity contribution in [1.82, 2.24) is 15.1 Å². The Morgan fingerprint density at radius 3 is 2.47 bits per heavy atom. The summed E-state index contributed by atoms with van der Waals surface area (Å²) in [6, 6.07) is 16.1. The molecular weight excluding hydrogens is 431 g/mol. The summed E-state index contributed by atoms with van der Waals surface area (Å²) in [7, 11) is 0. The lowest BCUT2D eigenvalue weighted by molar-refractivity contribution is 0.0875. The summed E-state index contributed by atoms with van der Waals surface area (Å²) in [5.41, 5.74) is 2.66. The van der Waals surface area contributed by atoms with Crippen molar-refractivity contribution in [3.63, 3.8) is 0 Å². The molecule has 2 saturated heterocycles. The Morgan fingerprint density at radius 2 is 1.82 bits per heavy atom. The molecule has 0 spiro atoms. The van der Waals surface area contributed by atoms with E-state index in [0.717, 1.165) is 12.0 Å². The first kappa shape index (κ1) is 23.7. The van der Waals surface area contributed by atoms with E-state index in [0.29, 0.717) is 45.4 Å². The number of aryl methyl sites for hydroxylation is 1. The van der Waals surface area contributed by atoms with Gasteiger partial charge in [-0.25, -0.2) is 9.18 Å². The first-order valence-corrected chi connectivity index (χ1v) is 12.1. The van der Waals surface area contributed by atoms with Gasteiger partial charge in [0, 0.05) is 49.6 Å². The van der Waals surface area contributed by atoms with Crippen LogP contribution in [0.1, 0.15) is 53.6 Å². The fourth-order valence-electron chi connectivity index (χ4n) is 4.93. The lowest BCUT2D eigenvalue weighted by Crippen LogP contribution is -2.56. The molecule has 0 saturated carbocycles. The second-order valence-electron chi connectivity index (χ2n) is 9.29. The van der Waals surface area contributed by atoms with Gasteiger partial charge in [-0.15, -0.1) is 0 Å². The number of hydrogen-bond donors (Lipinski definition) is 1. The monoisotopic (exact) mass is 462 g/mol. The van der Waals surface area contributed by atoms with Crippen LogP contribution < -0.4 is 5.32 Å². The first-order chi connectivity index (χ1) is 16.5. The molecule has 178 valence electrons. The summed E-state index contributed by atoms with van der Waals surface area (Å²) in [5.74, 6) is -0.705. The van der Waals surface area contributed by atoms with Crippen molar-refractivity contribution in [3.8, 4) is 6.07 Å². The zero-order valence-electron chi connectivity index (χ0n) is 19.5. The quantitative estimate of drug-likeness (QED) is 0.735. The highest BCUT2D eigenvalue weighted by Gasteiger charge is 2.35. The summed E-state index contributed by atoms with van der Waals surface area (Å²) >= 11 is 0. The molecule has 0 aliphatic carbocycles. The van der Waals surface area contributed by atoms with Crippen LogP contribution in [0, 0.1) is 23.1 Å². The van der Waals surface area contributed by atoms with Crippen molar-refractivity contribution in [3.05, 3.63) is 71.0 Å². The Bertz CT molecular complexity index is 1060. The molecule has 2 aliphatic rings. The van der Waals surface area contributed by atoms with Crippen molar-refractivity contribution < 1.29 is 14.0 Å². The van der Waals surface area contributed by atoms with Gasteiger partial charge in [0.05, 0.1) is 6.07 Å². The molecule has 2 unspecified atom stereocenters. The number of benzene rings is 2. The van der Waals surface area contributed by atoms with Gasteiger partial charge >= 0.3 is 6.03 Å². The van der Waals surface area contributed by atoms with Crippen LogP contribution in [0.25, 0.3) is 0 Å². The third kappa shape index (κ3) is 5.56. The molecule has 3 amide bonds. The fourth-order valence-corrected chi connectivity index (χ4v) is 4.93. The SMILES string of the molecule is CCc1ccc(C2CC(NC(=O)c3cccc(F)c3)CN(C(=O)N3CCC(C#N)CC3)C2)cc1. The number of carbonyl (C=O) groups excluding carboxylic acids is 2. The number of nitrogens with zero attached hydrogens (tertiary/aromatic N) is 3. The fraction of sp³-hybridized carbons (Fsp3) is 0.444. The average Bonchev–Trinajstić information content (AvgIpc) is 2.88. The minimum Gasteiger partial charge on any atom is -0.347 e. The van der Waals surface area contributed by atoms with Crippen molar-refractivity contribution in [2.45, 2.75) is 44.6 Å². The lowest BCUT2D eigenvalue weighted by atomic mass is 9.87. The van der Waals surface area contributed by atoms with Crippen molar-refractivity contribution in [2.24, 2.45) is 5.92 Å². The van der Waals surface area contributed by atoms with E-state index in [9.17, 15) is 14.0 Å². The molecule has 0 aromatic heterocycles. The van der Waals surface area contributed by atoms with E-state index in [-0.39, 0.29) is 35.4 Å². The number of rotatable bonds is 4. The number of likely N-dealkylation sites (tertiary alicyclic amines) is 2. The molecule has 34 heavy (non-hydrogen) atoms. The minimum absolute atomic E-state index is 0.00791. The number of urea groups is 1. The number of amides is 3. The summed E-state index contributed by atoms with van der Waals surface area (Å²) in [5, 5.41) is 12.2. The zero-order chi connectivity index (χ0) is 24.1. The maximum Gasteiger partial charge on any atom is 0.320 e. The molecular formula is C27H31FN4O2. The van der Waals surface area contributed by atoms with Gasteiger partial charge in [0.15, 0.2) is 0 Å². The number of nitrogens with one attached hydrogen (secondary N) is 1. The van der Waals surface area contributed by atoms with E-state index in [2.05, 4.69) is 42.6 Å². The smallest absolute Gasteiger partial charge is 0.320 e. The molecule has 7 heteroatoms. The number of halogens is 1. The predicted octanol–water partition coefficient (Wildman–Crippen LogP) is 4.33. The number of hydrogen-bond acceptors (Lipinski definition) is 3. The highest BCUT2D eigenvalue weighted by atomic mass is 19.1. The van der Waals surface area contributed by atoms with Crippen LogP contribution in [0.4, 0.5) is 9.18 Å². The van der Waals surface area contributed by atoms with Gasteiger partial charge in [0.1, 0.15) is 5.82 Å². The number of carbonyl (C=O) groups is 2. The van der Waals surface area contributed by atoms with Gasteiger partial charge in [0.2, 0.25) is 0 Å². The maximum atomic E-state index is 13.6. The normalized spacial score (nSPS) is 21.1. The third-order valence-corrected chi connectivity index (χ3v) is 6.95. The van der Waals surface area contributed by atoms with E-state index in [1.54, 1.807) is 6.07 Å². The van der Waals surface area contributed by atoms with Gasteiger partial charge < -0.3 is 15.1 Å². The molecule has 0 bridgehead atoms. The van der Waals surface area contributed by atoms with Crippen LogP contribution >= 0.6 is 0 Å². The predicted molar refractivity (Wildman–Crippen MR) is 128 cm³/mol. The van der Waals surface area contributed by atoms with E-state index >= 15 is 0 Å². The van der Waals surface area contributed by atoms with Gasteiger partial charge in [-0.05, 0) is 55.0 Å². The van der Waals surface area contributed by atoms with E-state index in [1.807, 2.05) is 9.80 Å². The standard InChI is InChI=1S/C27H31FN4O2/c1-2-19-6-8-21(9-7-19)23-15-25(30-26(33)22-4-3-5-24(28)14-22)18-32(17-23)27(34)31-12-10-20(16-29)11-13-31/h3-9,14,20,23,25H,2,10-13,15,17-18H2,1H3,(H,30,33). The van der Waals surface area contributed by atoms with Crippen LogP contribution in [0.15, 0.2) is 48.5 Å². The molecule has 2 fully saturated rings. The van der Waals surface area contributed by atoms with Crippen molar-refractivity contribution in [1.29, 1.82) is 5.26 Å². The molecule has 4 rings (SSSR count). The summed E-state index contributed by atoms with van der Waals surface area (Å²) in [4.78, 5) is 29.8. The van der Waals surface area contributed by atoms with Crippen LogP contribution in [0.5, 0.6) is 0 Å². The van der Waals surface area contributed by atoms with Gasteiger partial charge in [0.25, 0.3) is 5.91 Å². The molecule has 2 aliphatic heterocycles. The largest absolute Gasteiger partial charge is 0.347 e. The van der Waals surface area contributed by atoms with Crippen LogP contribution in [-0.4, -0.2) is 54.0 Å². The van der Waals surface area contributed by atoms with E-state index < -0.39 is 5.82 Å². The second-order valence-corrected chi connectivity index (χ2v) is 9.29. The molecule has 2 heterocycles. The summed E-state index contributed by atoms with van der Waals surface area (Å²) in [6.45, 7) is 4.24. The second kappa shape index (κ2) is 10.7. The Hall–Kier alpha value is -3.40. The van der Waals surface area contributed by atoms with Gasteiger partial charge in [-0.1, -0.05) is 37.3 Å². The average molecular weight is 463 g/mol. The van der Waals surface area contributed by atoms with Crippen molar-refractivity contribution >= 4 is 11.9 Å². The van der Waals surface area contributed by atoms with Crippen LogP contribution in [-0.2, 0) is 6.42 Å². The highest BCUT2D eigenvalue weighted by Crippen LogP contribution is 2.29. The van der Waals surface area contributed by atoms with E-state index in [1.165, 1.54) is 23.8 Å². The zero-order valence-corrected chi connectivity index (χ0v) is 19.5. The highest BCUT2D eigenvalue weighted by molar-refractivity contribution is 5.94. The topological polar surface area (TPSA) is 76.4 Å².